The van der Waals surface area contributed by atoms with E-state index in [1.807, 2.05) is 0 Å². The molecular formula is C11H21O7P. The molecule has 1 atom stereocenters. The van der Waals surface area contributed by atoms with Crippen LogP contribution in [0.3, 0.4) is 0 Å². The van der Waals surface area contributed by atoms with Gasteiger partial charge in [-0.3, -0.25) is 14.2 Å². The summed E-state index contributed by atoms with van der Waals surface area (Å²) in [5, 5.41) is 0. The van der Waals surface area contributed by atoms with Crippen LogP contribution in [0.1, 0.15) is 27.2 Å². The van der Waals surface area contributed by atoms with E-state index in [-0.39, 0.29) is 0 Å². The van der Waals surface area contributed by atoms with E-state index < -0.39 is 37.2 Å². The predicted octanol–water partition coefficient (Wildman–Crippen LogP) is 1.75. The number of ether oxygens (including phenoxy) is 2. The zero-order valence-electron chi connectivity index (χ0n) is 12.1. The first kappa shape index (κ1) is 18.1. The van der Waals surface area contributed by atoms with Crippen LogP contribution in [0, 0.1) is 0 Å². The molecule has 0 rings (SSSR count). The predicted molar refractivity (Wildman–Crippen MR) is 67.9 cm³/mol. The molecular weight excluding hydrogens is 275 g/mol. The van der Waals surface area contributed by atoms with Crippen LogP contribution >= 0.6 is 7.60 Å². The van der Waals surface area contributed by atoms with Crippen molar-refractivity contribution < 1.29 is 32.7 Å². The SMILES string of the molecule is COC(=O)C(CC(=O)OC(C)(C)C)P(=O)(OC)OC. The van der Waals surface area contributed by atoms with Crippen molar-refractivity contribution in [3.05, 3.63) is 0 Å². The lowest BCUT2D eigenvalue weighted by atomic mass is 10.2. The van der Waals surface area contributed by atoms with E-state index >= 15 is 0 Å². The Balaban J connectivity index is 5.05. The van der Waals surface area contributed by atoms with Gasteiger partial charge in [-0.05, 0) is 20.8 Å². The molecule has 0 radical (unpaired) electrons. The third-order valence-corrected chi connectivity index (χ3v) is 4.32. The fourth-order valence-electron chi connectivity index (χ4n) is 1.33. The maximum absolute atomic E-state index is 12.2. The van der Waals surface area contributed by atoms with Gasteiger partial charge >= 0.3 is 19.5 Å². The summed E-state index contributed by atoms with van der Waals surface area (Å²) in [6, 6.07) is 0. The molecule has 0 aliphatic heterocycles. The summed E-state index contributed by atoms with van der Waals surface area (Å²) in [5.74, 6) is -1.53. The minimum absolute atomic E-state index is 0.442. The standard InChI is InChI=1S/C11H21O7P/c1-11(2,3)18-9(12)7-8(10(13)15-4)19(14,16-5)17-6/h8H,7H2,1-6H3. The largest absolute Gasteiger partial charge is 0.468 e. The fraction of sp³-hybridized carbons (Fsp3) is 0.818. The van der Waals surface area contributed by atoms with E-state index in [2.05, 4.69) is 4.74 Å². The number of carbonyl (C=O) groups excluding carboxylic acids is 2. The minimum atomic E-state index is -3.76. The second-order valence-electron chi connectivity index (χ2n) is 4.73. The Morgan fingerprint density at radius 1 is 1.11 bits per heavy atom. The van der Waals surface area contributed by atoms with E-state index in [9.17, 15) is 14.2 Å². The highest BCUT2D eigenvalue weighted by molar-refractivity contribution is 7.55. The molecule has 0 heterocycles. The van der Waals surface area contributed by atoms with Crippen molar-refractivity contribution in [1.82, 2.24) is 0 Å². The van der Waals surface area contributed by atoms with Gasteiger partial charge in [0.15, 0.2) is 5.66 Å². The van der Waals surface area contributed by atoms with Gasteiger partial charge in [-0.2, -0.15) is 0 Å². The van der Waals surface area contributed by atoms with Gasteiger partial charge in [0.2, 0.25) is 0 Å². The highest BCUT2D eigenvalue weighted by Gasteiger charge is 2.43. The van der Waals surface area contributed by atoms with Crippen molar-refractivity contribution in [2.75, 3.05) is 21.3 Å². The Labute approximate surface area is 113 Å². The summed E-state index contributed by atoms with van der Waals surface area (Å²) >= 11 is 0. The van der Waals surface area contributed by atoms with E-state index in [0.717, 1.165) is 21.3 Å². The lowest BCUT2D eigenvalue weighted by Crippen LogP contribution is -2.31. The van der Waals surface area contributed by atoms with Gasteiger partial charge in [-0.1, -0.05) is 0 Å². The second kappa shape index (κ2) is 7.03. The molecule has 0 bridgehead atoms. The van der Waals surface area contributed by atoms with Crippen molar-refractivity contribution in [2.45, 2.75) is 38.5 Å². The first-order chi connectivity index (χ1) is 8.59. The Kier molecular flexibility index (Phi) is 6.69. The van der Waals surface area contributed by atoms with E-state index in [1.54, 1.807) is 20.8 Å². The monoisotopic (exact) mass is 296 g/mol. The zero-order valence-corrected chi connectivity index (χ0v) is 13.0. The molecule has 0 aromatic heterocycles. The summed E-state index contributed by atoms with van der Waals surface area (Å²) in [4.78, 5) is 23.3. The highest BCUT2D eigenvalue weighted by atomic mass is 31.2. The van der Waals surface area contributed by atoms with Gasteiger partial charge in [-0.25, -0.2) is 0 Å². The molecule has 0 N–H and O–H groups in total. The maximum Gasteiger partial charge on any atom is 0.344 e. The topological polar surface area (TPSA) is 88.1 Å². The van der Waals surface area contributed by atoms with Gasteiger partial charge in [0.05, 0.1) is 13.5 Å². The molecule has 0 aliphatic carbocycles. The van der Waals surface area contributed by atoms with Gasteiger partial charge < -0.3 is 18.5 Å². The number of esters is 2. The molecule has 112 valence electrons. The average Bonchev–Trinajstić information content (AvgIpc) is 2.32. The average molecular weight is 296 g/mol. The minimum Gasteiger partial charge on any atom is -0.468 e. The summed E-state index contributed by atoms with van der Waals surface area (Å²) in [6.45, 7) is 5.05. The van der Waals surface area contributed by atoms with Gasteiger partial charge in [0, 0.05) is 14.2 Å². The maximum atomic E-state index is 12.2. The van der Waals surface area contributed by atoms with Crippen LogP contribution < -0.4 is 0 Å². The first-order valence-corrected chi connectivity index (χ1v) is 7.21. The Hall–Kier alpha value is -0.910. The Bertz CT molecular complexity index is 364. The van der Waals surface area contributed by atoms with Crippen molar-refractivity contribution in [1.29, 1.82) is 0 Å². The normalized spacial score (nSPS) is 13.8. The molecule has 0 amide bonds. The Morgan fingerprint density at radius 3 is 1.89 bits per heavy atom. The van der Waals surface area contributed by atoms with Gasteiger partial charge in [-0.15, -0.1) is 0 Å². The smallest absolute Gasteiger partial charge is 0.344 e. The molecule has 0 aromatic carbocycles. The third-order valence-electron chi connectivity index (χ3n) is 2.14. The number of hydrogen-bond donors (Lipinski definition) is 0. The number of hydrogen-bond acceptors (Lipinski definition) is 7. The third kappa shape index (κ3) is 5.72. The molecule has 1 unspecified atom stereocenters. The second-order valence-corrected chi connectivity index (χ2v) is 7.17. The van der Waals surface area contributed by atoms with E-state index in [1.165, 1.54) is 0 Å². The van der Waals surface area contributed by atoms with Crippen LogP contribution in [0.15, 0.2) is 0 Å². The van der Waals surface area contributed by atoms with Crippen LogP contribution in [0.4, 0.5) is 0 Å². The molecule has 0 saturated heterocycles. The molecule has 8 heteroatoms. The van der Waals surface area contributed by atoms with Crippen molar-refractivity contribution in [2.24, 2.45) is 0 Å². The molecule has 0 aliphatic rings. The molecule has 0 fully saturated rings. The lowest BCUT2D eigenvalue weighted by Gasteiger charge is -2.24. The summed E-state index contributed by atoms with van der Waals surface area (Å²) in [6.07, 6.45) is -0.442. The van der Waals surface area contributed by atoms with Crippen molar-refractivity contribution in [3.8, 4) is 0 Å². The van der Waals surface area contributed by atoms with Crippen molar-refractivity contribution in [3.63, 3.8) is 0 Å². The van der Waals surface area contributed by atoms with Crippen LogP contribution in [-0.2, 0) is 32.7 Å². The molecule has 0 aromatic rings. The van der Waals surface area contributed by atoms with Crippen molar-refractivity contribution >= 4 is 19.5 Å². The molecule has 0 saturated carbocycles. The number of methoxy groups -OCH3 is 1. The van der Waals surface area contributed by atoms with E-state index in [0.29, 0.717) is 0 Å². The van der Waals surface area contributed by atoms with Crippen LogP contribution in [0.5, 0.6) is 0 Å². The lowest BCUT2D eigenvalue weighted by molar-refractivity contribution is -0.157. The van der Waals surface area contributed by atoms with Gasteiger partial charge in [0.1, 0.15) is 5.60 Å². The number of rotatable bonds is 6. The molecule has 7 nitrogen and oxygen atoms in total. The van der Waals surface area contributed by atoms with E-state index in [4.69, 9.17) is 13.8 Å². The fourth-order valence-corrected chi connectivity index (χ4v) is 2.72. The first-order valence-electron chi connectivity index (χ1n) is 5.60. The Morgan fingerprint density at radius 2 is 1.58 bits per heavy atom. The zero-order chi connectivity index (χ0) is 15.3. The quantitative estimate of drug-likeness (QED) is 0.545. The van der Waals surface area contributed by atoms with Gasteiger partial charge in [0.25, 0.3) is 0 Å². The van der Waals surface area contributed by atoms with Crippen LogP contribution in [-0.4, -0.2) is 44.5 Å². The summed E-state index contributed by atoms with van der Waals surface area (Å²) in [7, 11) is -0.365. The summed E-state index contributed by atoms with van der Waals surface area (Å²) < 4.78 is 31.2. The van der Waals surface area contributed by atoms with Crippen LogP contribution in [0.25, 0.3) is 0 Å². The number of carbonyl (C=O) groups is 2. The molecule has 19 heavy (non-hydrogen) atoms. The van der Waals surface area contributed by atoms with Crippen LogP contribution in [0.2, 0.25) is 0 Å². The molecule has 0 spiro atoms. The highest BCUT2D eigenvalue weighted by Crippen LogP contribution is 2.53. The summed E-state index contributed by atoms with van der Waals surface area (Å²) in [5.41, 5.74) is -2.05.